The summed E-state index contributed by atoms with van der Waals surface area (Å²) in [4.78, 5) is 22.8. The molecule has 2 amide bonds. The first kappa shape index (κ1) is 16.1. The third-order valence-corrected chi connectivity index (χ3v) is 3.38. The number of halogens is 2. The third-order valence-electron chi connectivity index (χ3n) is 2.81. The number of anilines is 1. The highest BCUT2D eigenvalue weighted by Crippen LogP contribution is 2.22. The van der Waals surface area contributed by atoms with Crippen molar-refractivity contribution in [2.45, 2.75) is 0 Å². The lowest BCUT2D eigenvalue weighted by Gasteiger charge is -2.03. The Hall–Kier alpha value is -2.30. The number of carbonyl (C=O) groups is 2. The topological polar surface area (TPSA) is 72.2 Å². The maximum atomic E-state index is 11.8. The summed E-state index contributed by atoms with van der Waals surface area (Å²) in [6, 6.07) is 11.3. The van der Waals surface area contributed by atoms with Gasteiger partial charge in [-0.05, 0) is 48.0 Å². The molecule has 2 rings (SSSR count). The van der Waals surface area contributed by atoms with Crippen LogP contribution in [-0.4, -0.2) is 11.8 Å². The van der Waals surface area contributed by atoms with Crippen LogP contribution in [0.4, 0.5) is 5.69 Å². The highest BCUT2D eigenvalue weighted by molar-refractivity contribution is 6.35. The number of hydrogen-bond donors (Lipinski definition) is 2. The smallest absolute Gasteiger partial charge is 0.248 e. The summed E-state index contributed by atoms with van der Waals surface area (Å²) < 4.78 is 0. The zero-order valence-corrected chi connectivity index (χ0v) is 12.9. The lowest BCUT2D eigenvalue weighted by Crippen LogP contribution is -2.11. The van der Waals surface area contributed by atoms with Gasteiger partial charge in [0.05, 0.1) is 0 Å². The van der Waals surface area contributed by atoms with Crippen molar-refractivity contribution in [2.24, 2.45) is 5.73 Å². The van der Waals surface area contributed by atoms with E-state index in [0.29, 0.717) is 26.9 Å². The van der Waals surface area contributed by atoms with Gasteiger partial charge in [-0.3, -0.25) is 9.59 Å². The molecule has 0 radical (unpaired) electrons. The first-order chi connectivity index (χ1) is 10.5. The molecule has 0 aromatic heterocycles. The second kappa shape index (κ2) is 7.11. The van der Waals surface area contributed by atoms with E-state index in [9.17, 15) is 9.59 Å². The molecule has 22 heavy (non-hydrogen) atoms. The van der Waals surface area contributed by atoms with Gasteiger partial charge in [0.2, 0.25) is 11.8 Å². The Morgan fingerprint density at radius 3 is 2.32 bits per heavy atom. The van der Waals surface area contributed by atoms with Gasteiger partial charge >= 0.3 is 0 Å². The second-order valence-electron chi connectivity index (χ2n) is 4.43. The Morgan fingerprint density at radius 2 is 1.73 bits per heavy atom. The molecule has 2 aromatic carbocycles. The fourth-order valence-electron chi connectivity index (χ4n) is 1.70. The normalized spacial score (nSPS) is 10.6. The Bertz CT molecular complexity index is 740. The first-order valence-corrected chi connectivity index (χ1v) is 7.05. The van der Waals surface area contributed by atoms with E-state index in [0.717, 1.165) is 0 Å². The summed E-state index contributed by atoms with van der Waals surface area (Å²) in [6.07, 6.45) is 2.95. The summed E-state index contributed by atoms with van der Waals surface area (Å²) in [5, 5.41) is 3.65. The quantitative estimate of drug-likeness (QED) is 0.836. The molecule has 0 spiro atoms. The van der Waals surface area contributed by atoms with Gasteiger partial charge < -0.3 is 11.1 Å². The maximum Gasteiger partial charge on any atom is 0.248 e. The molecule has 0 saturated carbocycles. The molecule has 0 bridgehead atoms. The van der Waals surface area contributed by atoms with Crippen molar-refractivity contribution in [1.29, 1.82) is 0 Å². The lowest BCUT2D eigenvalue weighted by molar-refractivity contribution is -0.111. The fourth-order valence-corrected chi connectivity index (χ4v) is 2.18. The van der Waals surface area contributed by atoms with Crippen LogP contribution < -0.4 is 11.1 Å². The minimum atomic E-state index is -0.518. The predicted molar refractivity (Wildman–Crippen MR) is 89.1 cm³/mol. The van der Waals surface area contributed by atoms with E-state index in [4.69, 9.17) is 28.9 Å². The molecule has 0 aliphatic heterocycles. The Labute approximate surface area is 137 Å². The van der Waals surface area contributed by atoms with Crippen LogP contribution >= 0.6 is 23.2 Å². The average molecular weight is 335 g/mol. The largest absolute Gasteiger partial charge is 0.366 e. The zero-order chi connectivity index (χ0) is 16.1. The van der Waals surface area contributed by atoms with Crippen molar-refractivity contribution in [2.75, 3.05) is 5.32 Å². The summed E-state index contributed by atoms with van der Waals surface area (Å²) in [5.74, 6) is -0.840. The van der Waals surface area contributed by atoms with E-state index < -0.39 is 5.91 Å². The lowest BCUT2D eigenvalue weighted by atomic mass is 10.2. The molecule has 0 heterocycles. The van der Waals surface area contributed by atoms with Crippen LogP contribution in [-0.2, 0) is 4.79 Å². The van der Waals surface area contributed by atoms with Crippen LogP contribution in [0.1, 0.15) is 15.9 Å². The molecule has 0 saturated heterocycles. The van der Waals surface area contributed by atoms with E-state index in [1.807, 2.05) is 0 Å². The molecule has 0 unspecified atom stereocenters. The predicted octanol–water partition coefficient (Wildman–Crippen LogP) is 3.74. The monoisotopic (exact) mass is 334 g/mol. The number of hydrogen-bond acceptors (Lipinski definition) is 2. The molecule has 0 atom stereocenters. The molecule has 4 nitrogen and oxygen atoms in total. The Kier molecular flexibility index (Phi) is 5.20. The van der Waals surface area contributed by atoms with E-state index in [1.54, 1.807) is 36.4 Å². The molecule has 0 fully saturated rings. The number of benzene rings is 2. The minimum absolute atomic E-state index is 0.321. The van der Waals surface area contributed by atoms with E-state index >= 15 is 0 Å². The molecule has 0 aliphatic carbocycles. The highest BCUT2D eigenvalue weighted by Gasteiger charge is 2.02. The van der Waals surface area contributed by atoms with Crippen molar-refractivity contribution in [3.8, 4) is 0 Å². The van der Waals surface area contributed by atoms with Crippen LogP contribution in [0.15, 0.2) is 48.5 Å². The highest BCUT2D eigenvalue weighted by atomic mass is 35.5. The van der Waals surface area contributed by atoms with Gasteiger partial charge in [-0.15, -0.1) is 0 Å². The number of rotatable bonds is 4. The van der Waals surface area contributed by atoms with Gasteiger partial charge in [0.15, 0.2) is 0 Å². The number of nitrogens with one attached hydrogen (secondary N) is 1. The second-order valence-corrected chi connectivity index (χ2v) is 5.27. The zero-order valence-electron chi connectivity index (χ0n) is 11.3. The summed E-state index contributed by atoms with van der Waals surface area (Å²) in [6.45, 7) is 0. The molecular formula is C16H12Cl2N2O2. The fraction of sp³-hybridized carbons (Fsp3) is 0. The average Bonchev–Trinajstić information content (AvgIpc) is 2.47. The van der Waals surface area contributed by atoms with Crippen molar-refractivity contribution in [3.63, 3.8) is 0 Å². The number of amides is 2. The van der Waals surface area contributed by atoms with E-state index in [1.165, 1.54) is 18.2 Å². The van der Waals surface area contributed by atoms with Crippen molar-refractivity contribution in [1.82, 2.24) is 0 Å². The van der Waals surface area contributed by atoms with Gasteiger partial charge in [0.25, 0.3) is 0 Å². The minimum Gasteiger partial charge on any atom is -0.366 e. The van der Waals surface area contributed by atoms with Crippen LogP contribution in [0.3, 0.4) is 0 Å². The van der Waals surface area contributed by atoms with Crippen LogP contribution in [0.25, 0.3) is 6.08 Å². The Morgan fingerprint density at radius 1 is 1.05 bits per heavy atom. The van der Waals surface area contributed by atoms with Crippen molar-refractivity contribution >= 4 is 46.8 Å². The van der Waals surface area contributed by atoms with Crippen LogP contribution in [0.5, 0.6) is 0 Å². The summed E-state index contributed by atoms with van der Waals surface area (Å²) in [7, 11) is 0. The van der Waals surface area contributed by atoms with Gasteiger partial charge in [0.1, 0.15) is 0 Å². The summed E-state index contributed by atoms with van der Waals surface area (Å²) >= 11 is 11.8. The number of nitrogens with two attached hydrogens (primary N) is 1. The molecule has 0 aliphatic rings. The van der Waals surface area contributed by atoms with Gasteiger partial charge in [-0.2, -0.15) is 0 Å². The standard InChI is InChI=1S/C16H12Cl2N2O2/c17-12-5-1-10(14(18)9-12)4-8-15(21)20-13-6-2-11(3-7-13)16(19)22/h1-9H,(H2,19,22)(H,20,21)/b8-4+. The summed E-state index contributed by atoms with van der Waals surface area (Å²) in [5.41, 5.74) is 6.76. The van der Waals surface area contributed by atoms with Gasteiger partial charge in [-0.1, -0.05) is 29.3 Å². The van der Waals surface area contributed by atoms with Gasteiger partial charge in [0, 0.05) is 27.4 Å². The molecule has 2 aromatic rings. The Balaban J connectivity index is 2.03. The molecule has 3 N–H and O–H groups in total. The molecule has 112 valence electrons. The third kappa shape index (κ3) is 4.35. The number of primary amides is 1. The van der Waals surface area contributed by atoms with E-state index in [2.05, 4.69) is 5.32 Å². The first-order valence-electron chi connectivity index (χ1n) is 6.29. The molecule has 6 heteroatoms. The number of carbonyl (C=O) groups excluding carboxylic acids is 2. The van der Waals surface area contributed by atoms with Crippen LogP contribution in [0, 0.1) is 0 Å². The maximum absolute atomic E-state index is 11.8. The SMILES string of the molecule is NC(=O)c1ccc(NC(=O)/C=C/c2ccc(Cl)cc2Cl)cc1. The molecular weight excluding hydrogens is 323 g/mol. The van der Waals surface area contributed by atoms with Gasteiger partial charge in [-0.25, -0.2) is 0 Å². The van der Waals surface area contributed by atoms with E-state index in [-0.39, 0.29) is 5.91 Å². The van der Waals surface area contributed by atoms with Crippen molar-refractivity contribution in [3.05, 3.63) is 69.7 Å². The van der Waals surface area contributed by atoms with Crippen molar-refractivity contribution < 1.29 is 9.59 Å². The van der Waals surface area contributed by atoms with Crippen LogP contribution in [0.2, 0.25) is 10.0 Å².